The van der Waals surface area contributed by atoms with E-state index in [9.17, 15) is 27.6 Å². The van der Waals surface area contributed by atoms with E-state index in [1.807, 2.05) is 30.3 Å². The Balaban J connectivity index is 1.16. The number of alkyl halides is 3. The summed E-state index contributed by atoms with van der Waals surface area (Å²) in [6, 6.07) is 11.7. The number of aromatic amines is 1. The fraction of sp³-hybridized carbons (Fsp3) is 0.529. The van der Waals surface area contributed by atoms with Crippen LogP contribution in [0.4, 0.5) is 23.7 Å². The summed E-state index contributed by atoms with van der Waals surface area (Å²) in [5.41, 5.74) is -0.677. The Hall–Kier alpha value is -4.04. The van der Waals surface area contributed by atoms with Crippen molar-refractivity contribution in [2.24, 2.45) is 0 Å². The van der Waals surface area contributed by atoms with Crippen LogP contribution in [-0.4, -0.2) is 99.9 Å². The summed E-state index contributed by atoms with van der Waals surface area (Å²) in [4.78, 5) is 48.5. The number of ether oxygens (including phenoxy) is 1. The van der Waals surface area contributed by atoms with Crippen molar-refractivity contribution in [1.82, 2.24) is 29.5 Å². The van der Waals surface area contributed by atoms with Crippen LogP contribution in [0, 0.1) is 0 Å². The van der Waals surface area contributed by atoms with Gasteiger partial charge in [0, 0.05) is 51.3 Å². The number of hydrogen-bond donors (Lipinski definition) is 2. The minimum atomic E-state index is -4.70. The van der Waals surface area contributed by atoms with Gasteiger partial charge in [0.05, 0.1) is 22.3 Å². The van der Waals surface area contributed by atoms with Gasteiger partial charge in [0.1, 0.15) is 0 Å². The summed E-state index contributed by atoms with van der Waals surface area (Å²) in [6.45, 7) is 3.51. The molecule has 3 aliphatic rings. The number of nitrogens with zero attached hydrogens (tertiary/aromatic N) is 5. The molecule has 2 amide bonds. The lowest BCUT2D eigenvalue weighted by Gasteiger charge is -2.38. The number of likely N-dealkylation sites (tertiary alicyclic amines) is 3. The average Bonchev–Trinajstić information content (AvgIpc) is 3.78. The Morgan fingerprint density at radius 1 is 0.980 bits per heavy atom. The molecular formula is C34H41ClF3N7O4. The van der Waals surface area contributed by atoms with E-state index in [2.05, 4.69) is 20.3 Å². The molecule has 2 N–H and O–H groups in total. The first-order valence-electron chi connectivity index (χ1n) is 16.8. The van der Waals surface area contributed by atoms with Crippen LogP contribution < -0.4 is 11.0 Å². The smallest absolute Gasteiger partial charge is 0.418 e. The number of carbonyl (C=O) groups is 2. The number of rotatable bonds is 8. The third-order valence-electron chi connectivity index (χ3n) is 9.84. The van der Waals surface area contributed by atoms with E-state index in [4.69, 9.17) is 16.3 Å². The third kappa shape index (κ3) is 7.90. The lowest BCUT2D eigenvalue weighted by Crippen LogP contribution is -2.51. The molecule has 1 atom stereocenters. The predicted octanol–water partition coefficient (Wildman–Crippen LogP) is 5.42. The third-order valence-corrected chi connectivity index (χ3v) is 10.1. The number of piperidine rings is 2. The highest BCUT2D eigenvalue weighted by molar-refractivity contribution is 6.33. The van der Waals surface area contributed by atoms with Crippen molar-refractivity contribution in [3.63, 3.8) is 0 Å². The van der Waals surface area contributed by atoms with E-state index in [1.54, 1.807) is 4.90 Å². The maximum absolute atomic E-state index is 14.0. The van der Waals surface area contributed by atoms with Crippen LogP contribution >= 0.6 is 11.6 Å². The van der Waals surface area contributed by atoms with Gasteiger partial charge in [-0.1, -0.05) is 41.9 Å². The summed E-state index contributed by atoms with van der Waals surface area (Å²) in [5, 5.41) is 6.84. The van der Waals surface area contributed by atoms with Gasteiger partial charge in [-0.05, 0) is 69.3 Å². The predicted molar refractivity (Wildman–Crippen MR) is 179 cm³/mol. The van der Waals surface area contributed by atoms with E-state index in [-0.39, 0.29) is 47.5 Å². The minimum Gasteiger partial charge on any atom is -0.436 e. The monoisotopic (exact) mass is 703 g/mol. The molecule has 3 aliphatic heterocycles. The Bertz CT molecular complexity index is 1680. The van der Waals surface area contributed by atoms with Crippen molar-refractivity contribution in [1.29, 1.82) is 0 Å². The first kappa shape index (κ1) is 34.8. The molecular weight excluding hydrogens is 663 g/mol. The van der Waals surface area contributed by atoms with Crippen molar-refractivity contribution in [2.75, 3.05) is 51.6 Å². The molecule has 0 saturated carbocycles. The molecule has 1 aromatic heterocycles. The number of carbonyl (C=O) groups excluding carboxylic acids is 2. The summed E-state index contributed by atoms with van der Waals surface area (Å²) in [5.74, 6) is 0.0109. The zero-order valence-corrected chi connectivity index (χ0v) is 28.1. The first-order chi connectivity index (χ1) is 23.5. The van der Waals surface area contributed by atoms with Gasteiger partial charge in [-0.2, -0.15) is 13.2 Å². The Kier molecular flexibility index (Phi) is 10.5. The van der Waals surface area contributed by atoms with Crippen molar-refractivity contribution < 1.29 is 27.5 Å². The van der Waals surface area contributed by atoms with Gasteiger partial charge in [-0.3, -0.25) is 9.78 Å². The number of hydrogen-bond acceptors (Lipinski definition) is 7. The molecule has 6 rings (SSSR count). The van der Waals surface area contributed by atoms with Gasteiger partial charge >= 0.3 is 18.0 Å². The zero-order chi connectivity index (χ0) is 34.7. The van der Waals surface area contributed by atoms with Crippen LogP contribution in [0.5, 0.6) is 0 Å². The van der Waals surface area contributed by atoms with Crippen molar-refractivity contribution >= 4 is 29.3 Å². The zero-order valence-electron chi connectivity index (χ0n) is 27.3. The van der Waals surface area contributed by atoms with Crippen LogP contribution in [0.2, 0.25) is 5.02 Å². The van der Waals surface area contributed by atoms with Crippen molar-refractivity contribution in [2.45, 2.75) is 69.3 Å². The van der Waals surface area contributed by atoms with Gasteiger partial charge < -0.3 is 24.8 Å². The van der Waals surface area contributed by atoms with E-state index in [1.165, 1.54) is 22.7 Å². The second-order valence-electron chi connectivity index (χ2n) is 12.9. The van der Waals surface area contributed by atoms with Crippen molar-refractivity contribution in [3.8, 4) is 11.4 Å². The highest BCUT2D eigenvalue weighted by atomic mass is 35.5. The number of anilines is 1. The molecule has 3 saturated heterocycles. The standard InChI is InChI=1S/C34H41ClF3N7O4/c1-39-29-26(34(36,37)38)19-22(20-27(29)35)21-28(31(46)43-15-9-24(10-16-43)42-13-5-6-14-42)49-33(48)44-17-11-25(12-18-44)45-32(47)40-30(41-45)23-7-3-2-4-8-23/h2-4,7-8,19-20,24-25,28,39H,5-6,9-18,21H2,1H3,(H,40,41,47)/t28-/m1/s1. The summed E-state index contributed by atoms with van der Waals surface area (Å²) in [6.07, 6.45) is -2.34. The Morgan fingerprint density at radius 2 is 1.61 bits per heavy atom. The van der Waals surface area contributed by atoms with Gasteiger partial charge in [-0.15, -0.1) is 5.10 Å². The second-order valence-corrected chi connectivity index (χ2v) is 13.3. The number of nitrogens with one attached hydrogen (secondary N) is 2. The topological polar surface area (TPSA) is 116 Å². The van der Waals surface area contributed by atoms with Crippen LogP contribution in [-0.2, 0) is 22.1 Å². The summed E-state index contributed by atoms with van der Waals surface area (Å²) < 4.78 is 49.1. The Morgan fingerprint density at radius 3 is 2.24 bits per heavy atom. The maximum atomic E-state index is 14.0. The SMILES string of the molecule is CNc1c(Cl)cc(C[C@@H](OC(=O)N2CCC(n3nc(-c4ccccc4)[nH]c3=O)CC2)C(=O)N2CCC(N3CCCC3)CC2)cc1C(F)(F)F. The van der Waals surface area contributed by atoms with Crippen LogP contribution in [0.3, 0.4) is 0 Å². The fourth-order valence-electron chi connectivity index (χ4n) is 7.21. The average molecular weight is 704 g/mol. The normalized spacial score (nSPS) is 18.9. The van der Waals surface area contributed by atoms with Gasteiger partial charge in [0.2, 0.25) is 0 Å². The molecule has 0 unspecified atom stereocenters. The molecule has 0 bridgehead atoms. The van der Waals surface area contributed by atoms with Gasteiger partial charge in [0.15, 0.2) is 11.9 Å². The number of H-pyrrole nitrogens is 1. The molecule has 0 aliphatic carbocycles. The molecule has 15 heteroatoms. The fourth-order valence-corrected chi connectivity index (χ4v) is 7.55. The molecule has 11 nitrogen and oxygen atoms in total. The molecule has 2 aromatic carbocycles. The second kappa shape index (κ2) is 14.8. The van der Waals surface area contributed by atoms with E-state index in [0.29, 0.717) is 37.8 Å². The van der Waals surface area contributed by atoms with E-state index >= 15 is 0 Å². The van der Waals surface area contributed by atoms with E-state index in [0.717, 1.165) is 50.4 Å². The van der Waals surface area contributed by atoms with Crippen LogP contribution in [0.15, 0.2) is 47.3 Å². The molecule has 264 valence electrons. The minimum absolute atomic E-state index is 0.125. The highest BCUT2D eigenvalue weighted by Crippen LogP contribution is 2.40. The molecule has 3 aromatic rings. The lowest BCUT2D eigenvalue weighted by molar-refractivity contribution is -0.142. The van der Waals surface area contributed by atoms with Gasteiger partial charge in [-0.25, -0.2) is 14.3 Å². The summed E-state index contributed by atoms with van der Waals surface area (Å²) >= 11 is 6.26. The maximum Gasteiger partial charge on any atom is 0.418 e. The van der Waals surface area contributed by atoms with Crippen LogP contribution in [0.1, 0.15) is 55.7 Å². The molecule has 3 fully saturated rings. The molecule has 0 radical (unpaired) electrons. The van der Waals surface area contributed by atoms with Crippen LogP contribution in [0.25, 0.3) is 11.4 Å². The highest BCUT2D eigenvalue weighted by Gasteiger charge is 2.38. The first-order valence-corrected chi connectivity index (χ1v) is 17.2. The number of amides is 2. The molecule has 49 heavy (non-hydrogen) atoms. The number of halogens is 4. The number of aromatic nitrogens is 3. The van der Waals surface area contributed by atoms with E-state index < -0.39 is 29.8 Å². The van der Waals surface area contributed by atoms with Gasteiger partial charge in [0.25, 0.3) is 5.91 Å². The Labute approximate surface area is 287 Å². The summed E-state index contributed by atoms with van der Waals surface area (Å²) in [7, 11) is 1.35. The molecule has 0 spiro atoms. The molecule has 4 heterocycles. The largest absolute Gasteiger partial charge is 0.436 e. The number of benzene rings is 2. The van der Waals surface area contributed by atoms with Crippen molar-refractivity contribution in [3.05, 3.63) is 69.1 Å². The lowest BCUT2D eigenvalue weighted by atomic mass is 10.00. The quantitative estimate of drug-likeness (QED) is 0.322.